The van der Waals surface area contributed by atoms with Gasteiger partial charge in [-0.2, -0.15) is 16.1 Å². The zero-order valence-corrected chi connectivity index (χ0v) is 15.7. The Hall–Kier alpha value is -1.10. The monoisotopic (exact) mass is 392 g/mol. The zero-order valence-electron chi connectivity index (χ0n) is 13.2. The number of amides is 1. The number of hydrogen-bond acceptors (Lipinski definition) is 6. The van der Waals surface area contributed by atoms with Crippen molar-refractivity contribution < 1.29 is 23.1 Å². The summed E-state index contributed by atoms with van der Waals surface area (Å²) in [6.07, 6.45) is -0.0542. The molecule has 0 bridgehead atoms. The van der Waals surface area contributed by atoms with Crippen LogP contribution in [0.5, 0.6) is 0 Å². The van der Waals surface area contributed by atoms with Crippen LogP contribution in [0.2, 0.25) is 0 Å². The average molecular weight is 393 g/mol. The van der Waals surface area contributed by atoms with Gasteiger partial charge in [-0.15, -0.1) is 11.3 Å². The first-order chi connectivity index (χ1) is 11.3. The fourth-order valence-corrected chi connectivity index (χ4v) is 6.20. The first-order valence-electron chi connectivity index (χ1n) is 7.47. The summed E-state index contributed by atoms with van der Waals surface area (Å²) in [5, 5.41) is 12.9. The Morgan fingerprint density at radius 3 is 2.67 bits per heavy atom. The fourth-order valence-electron chi connectivity index (χ4n) is 2.31. The van der Waals surface area contributed by atoms with Gasteiger partial charge in [-0.25, -0.2) is 8.42 Å². The van der Waals surface area contributed by atoms with Crippen LogP contribution in [0, 0.1) is 5.92 Å². The Balaban J connectivity index is 2.08. The minimum absolute atomic E-state index is 0.0304. The standard InChI is InChI=1S/C14H20N2O5S3/c1-10(8-12(17)18)9-15-14(19)13-11(2-5-23-13)24(20,21)16-3-6-22-7-4-16/h2,5,10H,3-4,6-9H2,1H3,(H,15,19)(H,17,18). The number of carboxylic acid groups (broad SMARTS) is 1. The number of rotatable bonds is 7. The molecule has 1 aromatic rings. The van der Waals surface area contributed by atoms with Gasteiger partial charge in [0.15, 0.2) is 0 Å². The maximum atomic E-state index is 12.7. The first kappa shape index (κ1) is 19.2. The average Bonchev–Trinajstić information content (AvgIpc) is 3.03. The number of sulfonamides is 1. The third-order valence-electron chi connectivity index (χ3n) is 3.56. The van der Waals surface area contributed by atoms with Gasteiger partial charge in [0.25, 0.3) is 5.91 Å². The van der Waals surface area contributed by atoms with Crippen LogP contribution in [-0.2, 0) is 14.8 Å². The largest absolute Gasteiger partial charge is 0.481 e. The number of carbonyl (C=O) groups excluding carboxylic acids is 1. The van der Waals surface area contributed by atoms with Crippen molar-refractivity contribution in [2.45, 2.75) is 18.2 Å². The third kappa shape index (κ3) is 4.71. The fraction of sp³-hybridized carbons (Fsp3) is 0.571. The van der Waals surface area contributed by atoms with E-state index in [-0.39, 0.29) is 28.7 Å². The number of thioether (sulfide) groups is 1. The SMILES string of the molecule is CC(CNC(=O)c1sccc1S(=O)(=O)N1CCSCC1)CC(=O)O. The highest BCUT2D eigenvalue weighted by Crippen LogP contribution is 2.27. The van der Waals surface area contributed by atoms with E-state index in [2.05, 4.69) is 5.32 Å². The molecule has 24 heavy (non-hydrogen) atoms. The normalized spacial score (nSPS) is 17.4. The summed E-state index contributed by atoms with van der Waals surface area (Å²) in [4.78, 5) is 23.1. The van der Waals surface area contributed by atoms with Gasteiger partial charge in [-0.05, 0) is 17.4 Å². The number of carbonyl (C=O) groups is 2. The molecule has 7 nitrogen and oxygen atoms in total. The second-order valence-corrected chi connectivity index (χ2v) is 9.59. The number of nitrogens with one attached hydrogen (secondary N) is 1. The molecule has 1 aliphatic rings. The van der Waals surface area contributed by atoms with Crippen LogP contribution < -0.4 is 5.32 Å². The van der Waals surface area contributed by atoms with Gasteiger partial charge >= 0.3 is 5.97 Å². The van der Waals surface area contributed by atoms with Crippen molar-refractivity contribution in [1.29, 1.82) is 0 Å². The van der Waals surface area contributed by atoms with E-state index in [9.17, 15) is 18.0 Å². The van der Waals surface area contributed by atoms with E-state index in [1.165, 1.54) is 10.4 Å². The van der Waals surface area contributed by atoms with Crippen LogP contribution in [0.15, 0.2) is 16.3 Å². The highest BCUT2D eigenvalue weighted by atomic mass is 32.2. The molecule has 2 heterocycles. The van der Waals surface area contributed by atoms with E-state index in [0.717, 1.165) is 22.8 Å². The lowest BCUT2D eigenvalue weighted by Gasteiger charge is -2.25. The molecule has 0 radical (unpaired) electrons. The molecule has 0 aliphatic carbocycles. The van der Waals surface area contributed by atoms with Crippen LogP contribution in [-0.4, -0.2) is 60.8 Å². The molecule has 2 rings (SSSR count). The Bertz CT molecular complexity index is 695. The molecule has 0 saturated carbocycles. The second kappa shape index (κ2) is 8.32. The van der Waals surface area contributed by atoms with Gasteiger partial charge in [0.2, 0.25) is 10.0 Å². The molecule has 0 aromatic carbocycles. The number of thiophene rings is 1. The lowest BCUT2D eigenvalue weighted by Crippen LogP contribution is -2.38. The van der Waals surface area contributed by atoms with Crippen LogP contribution >= 0.6 is 23.1 Å². The highest BCUT2D eigenvalue weighted by molar-refractivity contribution is 7.99. The van der Waals surface area contributed by atoms with Crippen molar-refractivity contribution in [2.24, 2.45) is 5.92 Å². The minimum Gasteiger partial charge on any atom is -0.481 e. The summed E-state index contributed by atoms with van der Waals surface area (Å²) in [5.74, 6) is -0.147. The van der Waals surface area contributed by atoms with Gasteiger partial charge in [0.05, 0.1) is 0 Å². The first-order valence-corrected chi connectivity index (χ1v) is 10.9. The smallest absolute Gasteiger partial charge is 0.303 e. The van der Waals surface area contributed by atoms with Gasteiger partial charge in [0, 0.05) is 37.6 Å². The number of nitrogens with zero attached hydrogens (tertiary/aromatic N) is 1. The number of aliphatic carboxylic acids is 1. The van der Waals surface area contributed by atoms with E-state index in [1.807, 2.05) is 0 Å². The Kier molecular flexibility index (Phi) is 6.67. The van der Waals surface area contributed by atoms with Crippen molar-refractivity contribution in [3.63, 3.8) is 0 Å². The van der Waals surface area contributed by atoms with E-state index in [0.29, 0.717) is 13.1 Å². The molecule has 1 fully saturated rings. The number of hydrogen-bond donors (Lipinski definition) is 2. The van der Waals surface area contributed by atoms with Crippen molar-refractivity contribution in [3.8, 4) is 0 Å². The van der Waals surface area contributed by atoms with Crippen molar-refractivity contribution in [3.05, 3.63) is 16.3 Å². The van der Waals surface area contributed by atoms with Gasteiger partial charge in [-0.3, -0.25) is 9.59 Å². The molecule has 1 aromatic heterocycles. The third-order valence-corrected chi connectivity index (χ3v) is 7.48. The van der Waals surface area contributed by atoms with Gasteiger partial charge in [-0.1, -0.05) is 6.92 Å². The maximum absolute atomic E-state index is 12.7. The minimum atomic E-state index is -3.68. The summed E-state index contributed by atoms with van der Waals surface area (Å²) in [6.45, 7) is 2.79. The summed E-state index contributed by atoms with van der Waals surface area (Å²) in [6, 6.07) is 1.46. The quantitative estimate of drug-likeness (QED) is 0.725. The zero-order chi connectivity index (χ0) is 17.7. The molecule has 2 N–H and O–H groups in total. The van der Waals surface area contributed by atoms with Gasteiger partial charge in [0.1, 0.15) is 9.77 Å². The number of carboxylic acids is 1. The highest BCUT2D eigenvalue weighted by Gasteiger charge is 2.31. The van der Waals surface area contributed by atoms with Crippen LogP contribution in [0.25, 0.3) is 0 Å². The van der Waals surface area contributed by atoms with Crippen LogP contribution in [0.1, 0.15) is 23.0 Å². The summed E-state index contributed by atoms with van der Waals surface area (Å²) < 4.78 is 26.9. The predicted molar refractivity (Wildman–Crippen MR) is 94.2 cm³/mol. The Morgan fingerprint density at radius 2 is 2.04 bits per heavy atom. The van der Waals surface area contributed by atoms with Crippen LogP contribution in [0.4, 0.5) is 0 Å². The van der Waals surface area contributed by atoms with E-state index in [4.69, 9.17) is 5.11 Å². The molecule has 10 heteroatoms. The molecule has 1 aliphatic heterocycles. The van der Waals surface area contributed by atoms with E-state index < -0.39 is 21.9 Å². The molecule has 134 valence electrons. The lowest BCUT2D eigenvalue weighted by molar-refractivity contribution is -0.137. The van der Waals surface area contributed by atoms with E-state index >= 15 is 0 Å². The predicted octanol–water partition coefficient (Wildman–Crippen LogP) is 1.33. The lowest BCUT2D eigenvalue weighted by atomic mass is 10.1. The topological polar surface area (TPSA) is 104 Å². The molecular formula is C14H20N2O5S3. The maximum Gasteiger partial charge on any atom is 0.303 e. The molecule has 1 amide bonds. The van der Waals surface area contributed by atoms with Gasteiger partial charge < -0.3 is 10.4 Å². The Labute approximate surface area is 149 Å². The molecule has 1 atom stereocenters. The van der Waals surface area contributed by atoms with Crippen LogP contribution in [0.3, 0.4) is 0 Å². The molecule has 1 saturated heterocycles. The summed E-state index contributed by atoms with van der Waals surface area (Å²) in [7, 11) is -3.68. The summed E-state index contributed by atoms with van der Waals surface area (Å²) >= 11 is 2.78. The Morgan fingerprint density at radius 1 is 1.38 bits per heavy atom. The molecule has 0 spiro atoms. The van der Waals surface area contributed by atoms with Crippen molar-refractivity contribution in [2.75, 3.05) is 31.1 Å². The second-order valence-electron chi connectivity index (χ2n) is 5.54. The van der Waals surface area contributed by atoms with Crippen molar-refractivity contribution in [1.82, 2.24) is 9.62 Å². The summed E-state index contributed by atoms with van der Waals surface area (Å²) in [5.41, 5.74) is 0. The van der Waals surface area contributed by atoms with Crippen molar-refractivity contribution >= 4 is 45.0 Å². The molecular weight excluding hydrogens is 372 g/mol. The molecule has 1 unspecified atom stereocenters. The van der Waals surface area contributed by atoms with E-state index in [1.54, 1.807) is 24.1 Å².